The normalized spacial score (nSPS) is 11.9. The molecule has 1 aromatic rings. The third kappa shape index (κ3) is 4.64. The number of thioether (sulfide) groups is 1. The van der Waals surface area contributed by atoms with E-state index in [1.54, 1.807) is 0 Å². The van der Waals surface area contributed by atoms with Crippen LogP contribution in [-0.4, -0.2) is 11.3 Å². The van der Waals surface area contributed by atoms with Crippen molar-refractivity contribution in [2.24, 2.45) is 0 Å². The molecule has 0 atom stereocenters. The van der Waals surface area contributed by atoms with Gasteiger partial charge in [0.15, 0.2) is 0 Å². The fourth-order valence-electron chi connectivity index (χ4n) is 1.41. The Balaban J connectivity index is 3.08. The number of hydrogen-bond acceptors (Lipinski definition) is 2. The molecule has 0 amide bonds. The van der Waals surface area contributed by atoms with E-state index in [4.69, 9.17) is 0 Å². The van der Waals surface area contributed by atoms with E-state index >= 15 is 0 Å². The van der Waals surface area contributed by atoms with Crippen molar-refractivity contribution in [1.29, 1.82) is 0 Å². The minimum Gasteiger partial charge on any atom is -0.300 e. The number of alkyl halides is 5. The number of ketones is 1. The Bertz CT molecular complexity index is 442. The van der Waals surface area contributed by atoms with E-state index in [1.165, 1.54) is 6.92 Å². The summed E-state index contributed by atoms with van der Waals surface area (Å²) in [4.78, 5) is 10.7. The molecular formula is C11H9F5OS. The van der Waals surface area contributed by atoms with Crippen LogP contribution < -0.4 is 0 Å². The van der Waals surface area contributed by atoms with E-state index in [-0.39, 0.29) is 22.7 Å². The lowest BCUT2D eigenvalue weighted by Gasteiger charge is -2.11. The molecule has 1 rings (SSSR count). The molecule has 0 radical (unpaired) electrons. The number of carbonyl (C=O) groups excluding carboxylic acids is 1. The molecule has 100 valence electrons. The second-order valence-corrected chi connectivity index (χ2v) is 4.73. The zero-order valence-corrected chi connectivity index (χ0v) is 10.0. The van der Waals surface area contributed by atoms with Gasteiger partial charge in [-0.3, -0.25) is 4.79 Å². The third-order valence-electron chi connectivity index (χ3n) is 2.02. The van der Waals surface area contributed by atoms with E-state index < -0.39 is 29.3 Å². The number of benzene rings is 1. The highest BCUT2D eigenvalue weighted by Crippen LogP contribution is 2.38. The van der Waals surface area contributed by atoms with Crippen molar-refractivity contribution >= 4 is 17.5 Å². The first kappa shape index (κ1) is 14.9. The second kappa shape index (κ2) is 5.69. The van der Waals surface area contributed by atoms with Gasteiger partial charge in [-0.15, -0.1) is 0 Å². The van der Waals surface area contributed by atoms with Gasteiger partial charge in [-0.2, -0.15) is 13.2 Å². The van der Waals surface area contributed by atoms with Gasteiger partial charge in [0.1, 0.15) is 5.78 Å². The van der Waals surface area contributed by atoms with Gasteiger partial charge in [0.2, 0.25) is 0 Å². The summed E-state index contributed by atoms with van der Waals surface area (Å²) in [7, 11) is 0. The lowest BCUT2D eigenvalue weighted by molar-refractivity contribution is -0.116. The Hall–Kier alpha value is -1.11. The zero-order chi connectivity index (χ0) is 13.9. The Morgan fingerprint density at radius 3 is 2.39 bits per heavy atom. The Morgan fingerprint density at radius 2 is 1.94 bits per heavy atom. The number of carbonyl (C=O) groups is 1. The molecule has 0 fully saturated rings. The van der Waals surface area contributed by atoms with Crippen molar-refractivity contribution in [3.05, 3.63) is 29.3 Å². The lowest BCUT2D eigenvalue weighted by atomic mass is 10.0. The summed E-state index contributed by atoms with van der Waals surface area (Å²) in [6, 6.07) is 2.89. The monoisotopic (exact) mass is 284 g/mol. The van der Waals surface area contributed by atoms with Crippen molar-refractivity contribution in [2.75, 3.05) is 0 Å². The van der Waals surface area contributed by atoms with E-state index in [1.807, 2.05) is 0 Å². The maximum absolute atomic E-state index is 12.6. The molecule has 0 unspecified atom stereocenters. The topological polar surface area (TPSA) is 17.1 Å². The number of Topliss-reactive ketones (excluding diaryl/α,β-unsaturated/α-hetero) is 1. The molecule has 0 saturated carbocycles. The standard InChI is InChI=1S/C11H9F5OS/c1-6(17)4-7-5-8(18-11(14,15)16)2-3-9(7)10(12)13/h2-3,5,10H,4H2,1H3. The van der Waals surface area contributed by atoms with E-state index in [0.717, 1.165) is 18.2 Å². The molecule has 1 nitrogen and oxygen atoms in total. The van der Waals surface area contributed by atoms with Crippen LogP contribution in [0, 0.1) is 0 Å². The van der Waals surface area contributed by atoms with Gasteiger partial charge < -0.3 is 0 Å². The molecule has 0 aliphatic carbocycles. The SMILES string of the molecule is CC(=O)Cc1cc(SC(F)(F)F)ccc1C(F)F. The quantitative estimate of drug-likeness (QED) is 0.603. The largest absolute Gasteiger partial charge is 0.446 e. The molecule has 18 heavy (non-hydrogen) atoms. The predicted molar refractivity (Wildman–Crippen MR) is 57.7 cm³/mol. The van der Waals surface area contributed by atoms with Crippen molar-refractivity contribution in [2.45, 2.75) is 30.2 Å². The summed E-state index contributed by atoms with van der Waals surface area (Å²) in [6.07, 6.45) is -3.12. The third-order valence-corrected chi connectivity index (χ3v) is 2.74. The van der Waals surface area contributed by atoms with Crippen molar-refractivity contribution < 1.29 is 26.7 Å². The Morgan fingerprint density at radius 1 is 1.33 bits per heavy atom. The Kier molecular flexibility index (Phi) is 4.72. The van der Waals surface area contributed by atoms with E-state index in [9.17, 15) is 26.7 Å². The van der Waals surface area contributed by atoms with Crippen molar-refractivity contribution in [1.82, 2.24) is 0 Å². The van der Waals surface area contributed by atoms with Crippen molar-refractivity contribution in [3.63, 3.8) is 0 Å². The highest BCUT2D eigenvalue weighted by molar-refractivity contribution is 8.00. The fraction of sp³-hybridized carbons (Fsp3) is 0.364. The van der Waals surface area contributed by atoms with Crippen LogP contribution in [-0.2, 0) is 11.2 Å². The number of halogens is 5. The highest BCUT2D eigenvalue weighted by atomic mass is 32.2. The lowest BCUT2D eigenvalue weighted by Crippen LogP contribution is -2.04. The van der Waals surface area contributed by atoms with Gasteiger partial charge in [0.05, 0.1) is 0 Å². The summed E-state index contributed by atoms with van der Waals surface area (Å²) in [6.45, 7) is 1.19. The number of hydrogen-bond donors (Lipinski definition) is 0. The Labute approximate surface area is 104 Å². The molecule has 0 bridgehead atoms. The molecule has 0 N–H and O–H groups in total. The van der Waals surface area contributed by atoms with Gasteiger partial charge >= 0.3 is 5.51 Å². The van der Waals surface area contributed by atoms with Crippen LogP contribution >= 0.6 is 11.8 Å². The molecule has 0 heterocycles. The molecule has 0 aliphatic rings. The summed E-state index contributed by atoms with van der Waals surface area (Å²) < 4.78 is 61.6. The van der Waals surface area contributed by atoms with Gasteiger partial charge in [0, 0.05) is 16.9 Å². The first-order chi connectivity index (χ1) is 8.19. The second-order valence-electron chi connectivity index (χ2n) is 3.59. The highest BCUT2D eigenvalue weighted by Gasteiger charge is 2.29. The van der Waals surface area contributed by atoms with Crippen LogP contribution in [0.25, 0.3) is 0 Å². The molecule has 0 saturated heterocycles. The van der Waals surface area contributed by atoms with Crippen LogP contribution in [0.4, 0.5) is 22.0 Å². The van der Waals surface area contributed by atoms with E-state index in [0.29, 0.717) is 0 Å². The van der Waals surface area contributed by atoms with Gasteiger partial charge in [-0.05, 0) is 36.4 Å². The summed E-state index contributed by atoms with van der Waals surface area (Å²) in [5.74, 6) is -0.383. The first-order valence-electron chi connectivity index (χ1n) is 4.85. The van der Waals surface area contributed by atoms with Gasteiger partial charge in [-0.25, -0.2) is 8.78 Å². The van der Waals surface area contributed by atoms with E-state index in [2.05, 4.69) is 0 Å². The average molecular weight is 284 g/mol. The minimum atomic E-state index is -4.49. The average Bonchev–Trinajstić information content (AvgIpc) is 2.13. The molecule has 0 spiro atoms. The summed E-state index contributed by atoms with van der Waals surface area (Å²) in [5, 5.41) is 0. The maximum Gasteiger partial charge on any atom is 0.446 e. The number of rotatable bonds is 4. The maximum atomic E-state index is 12.6. The fourth-order valence-corrected chi connectivity index (χ4v) is 2.02. The van der Waals surface area contributed by atoms with Gasteiger partial charge in [-0.1, -0.05) is 6.07 Å². The van der Waals surface area contributed by atoms with Crippen LogP contribution in [0.3, 0.4) is 0 Å². The minimum absolute atomic E-state index is 0.0632. The van der Waals surface area contributed by atoms with Crippen molar-refractivity contribution in [3.8, 4) is 0 Å². The molecule has 0 aromatic heterocycles. The molecule has 7 heteroatoms. The smallest absolute Gasteiger partial charge is 0.300 e. The summed E-state index contributed by atoms with van der Waals surface area (Å²) >= 11 is -0.394. The zero-order valence-electron chi connectivity index (χ0n) is 9.22. The predicted octanol–water partition coefficient (Wildman–Crippen LogP) is 4.37. The molecule has 1 aromatic carbocycles. The summed E-state index contributed by atoms with van der Waals surface area (Å²) in [5.41, 5.74) is -4.96. The molecular weight excluding hydrogens is 275 g/mol. The van der Waals surface area contributed by atoms with Crippen LogP contribution in [0.2, 0.25) is 0 Å². The van der Waals surface area contributed by atoms with Crippen LogP contribution in [0.5, 0.6) is 0 Å². The van der Waals surface area contributed by atoms with Gasteiger partial charge in [0.25, 0.3) is 6.43 Å². The van der Waals surface area contributed by atoms with Crippen LogP contribution in [0.1, 0.15) is 24.5 Å². The first-order valence-corrected chi connectivity index (χ1v) is 5.67. The molecule has 0 aliphatic heterocycles. The van der Waals surface area contributed by atoms with Crippen LogP contribution in [0.15, 0.2) is 23.1 Å².